The summed E-state index contributed by atoms with van der Waals surface area (Å²) in [4.78, 5) is 28.5. The average molecular weight is 467 g/mol. The summed E-state index contributed by atoms with van der Waals surface area (Å²) in [6.07, 6.45) is 6.93. The molecule has 1 aliphatic heterocycles. The smallest absolute Gasteiger partial charge is 0.322 e. The first-order chi connectivity index (χ1) is 15.9. The van der Waals surface area contributed by atoms with Crippen molar-refractivity contribution in [2.75, 3.05) is 18.4 Å². The number of hydrogen-bond acceptors (Lipinski definition) is 5. The van der Waals surface area contributed by atoms with Gasteiger partial charge in [-0.05, 0) is 60.9 Å². The van der Waals surface area contributed by atoms with Crippen molar-refractivity contribution >= 4 is 21.6 Å². The van der Waals surface area contributed by atoms with Crippen LogP contribution in [0.15, 0.2) is 76.7 Å². The van der Waals surface area contributed by atoms with Crippen molar-refractivity contribution < 1.29 is 13.2 Å². The maximum Gasteiger partial charge on any atom is 0.347 e. The van der Waals surface area contributed by atoms with Crippen LogP contribution in [0.4, 0.5) is 5.69 Å². The first-order valence-corrected chi connectivity index (χ1v) is 12.4. The zero-order valence-corrected chi connectivity index (χ0v) is 19.0. The van der Waals surface area contributed by atoms with Crippen molar-refractivity contribution in [2.45, 2.75) is 37.1 Å². The summed E-state index contributed by atoms with van der Waals surface area (Å²) in [5, 5.41) is 2.83. The molecule has 8 nitrogen and oxygen atoms in total. The summed E-state index contributed by atoms with van der Waals surface area (Å²) in [6.45, 7) is 1.40. The van der Waals surface area contributed by atoms with E-state index in [1.54, 1.807) is 30.5 Å². The third-order valence-electron chi connectivity index (χ3n) is 5.64. The van der Waals surface area contributed by atoms with E-state index in [-0.39, 0.29) is 16.5 Å². The van der Waals surface area contributed by atoms with Crippen LogP contribution in [0.1, 0.15) is 41.6 Å². The SMILES string of the molecule is O=C(Nc1cccc(Cn2cccnc2=O)c1)c1ccc(S(=O)(=O)N2CCCCCC2)cc1. The Bertz CT molecular complexity index is 1280. The molecule has 172 valence electrons. The maximum absolute atomic E-state index is 12.9. The Morgan fingerprint density at radius 2 is 1.70 bits per heavy atom. The molecule has 1 aromatic heterocycles. The van der Waals surface area contributed by atoms with E-state index in [1.165, 1.54) is 39.3 Å². The minimum Gasteiger partial charge on any atom is -0.322 e. The Morgan fingerprint density at radius 3 is 2.39 bits per heavy atom. The monoisotopic (exact) mass is 466 g/mol. The molecule has 1 fully saturated rings. The van der Waals surface area contributed by atoms with Gasteiger partial charge in [0.25, 0.3) is 5.91 Å². The molecule has 2 aromatic carbocycles. The molecule has 0 saturated carbocycles. The molecule has 0 unspecified atom stereocenters. The fraction of sp³-hybridized carbons (Fsp3) is 0.292. The van der Waals surface area contributed by atoms with Crippen LogP contribution >= 0.6 is 0 Å². The van der Waals surface area contributed by atoms with Gasteiger partial charge in [-0.3, -0.25) is 9.36 Å². The van der Waals surface area contributed by atoms with E-state index in [2.05, 4.69) is 10.3 Å². The van der Waals surface area contributed by atoms with Crippen molar-refractivity contribution in [3.63, 3.8) is 0 Å². The molecule has 9 heteroatoms. The van der Waals surface area contributed by atoms with Crippen LogP contribution < -0.4 is 11.0 Å². The molecule has 0 aliphatic carbocycles. The second-order valence-corrected chi connectivity index (χ2v) is 9.97. The van der Waals surface area contributed by atoms with Crippen molar-refractivity contribution in [1.82, 2.24) is 13.9 Å². The number of hydrogen-bond donors (Lipinski definition) is 1. The Labute approximate surface area is 193 Å². The first kappa shape index (κ1) is 22.9. The van der Waals surface area contributed by atoms with Gasteiger partial charge in [0.2, 0.25) is 10.0 Å². The van der Waals surface area contributed by atoms with Crippen LogP contribution in [-0.4, -0.2) is 41.3 Å². The molecular weight excluding hydrogens is 440 g/mol. The minimum absolute atomic E-state index is 0.199. The first-order valence-electron chi connectivity index (χ1n) is 11.0. The van der Waals surface area contributed by atoms with E-state index >= 15 is 0 Å². The summed E-state index contributed by atoms with van der Waals surface area (Å²) < 4.78 is 28.9. The van der Waals surface area contributed by atoms with Gasteiger partial charge in [-0.15, -0.1) is 0 Å². The summed E-state index contributed by atoms with van der Waals surface area (Å²) in [6, 6.07) is 14.9. The number of carbonyl (C=O) groups is 1. The van der Waals surface area contributed by atoms with E-state index in [4.69, 9.17) is 0 Å². The number of aromatic nitrogens is 2. The van der Waals surface area contributed by atoms with Gasteiger partial charge in [0.1, 0.15) is 0 Å². The normalized spacial score (nSPS) is 15.0. The van der Waals surface area contributed by atoms with Crippen LogP contribution in [0.2, 0.25) is 0 Å². The van der Waals surface area contributed by atoms with Gasteiger partial charge in [-0.2, -0.15) is 4.31 Å². The third-order valence-corrected chi connectivity index (χ3v) is 7.55. The van der Waals surface area contributed by atoms with Gasteiger partial charge in [-0.25, -0.2) is 18.2 Å². The lowest BCUT2D eigenvalue weighted by atomic mass is 10.1. The van der Waals surface area contributed by atoms with E-state index < -0.39 is 10.0 Å². The van der Waals surface area contributed by atoms with Crippen LogP contribution in [0.3, 0.4) is 0 Å². The lowest BCUT2D eigenvalue weighted by Gasteiger charge is -2.20. The number of amides is 1. The van der Waals surface area contributed by atoms with Crippen molar-refractivity contribution in [1.29, 1.82) is 0 Å². The number of rotatable bonds is 6. The van der Waals surface area contributed by atoms with E-state index in [9.17, 15) is 18.0 Å². The third kappa shape index (κ3) is 5.55. The number of benzene rings is 2. The Morgan fingerprint density at radius 1 is 0.970 bits per heavy atom. The van der Waals surface area contributed by atoms with Crippen molar-refractivity contribution in [3.8, 4) is 0 Å². The van der Waals surface area contributed by atoms with E-state index in [1.807, 2.05) is 6.07 Å². The lowest BCUT2D eigenvalue weighted by Crippen LogP contribution is -2.31. The van der Waals surface area contributed by atoms with Gasteiger partial charge in [-0.1, -0.05) is 25.0 Å². The molecule has 1 amide bonds. The molecular formula is C24H26N4O4S. The highest BCUT2D eigenvalue weighted by Gasteiger charge is 2.25. The number of anilines is 1. The molecule has 0 atom stereocenters. The Balaban J connectivity index is 1.45. The Hall–Kier alpha value is -3.30. The quantitative estimate of drug-likeness (QED) is 0.602. The summed E-state index contributed by atoms with van der Waals surface area (Å²) in [5.74, 6) is -0.343. The number of nitrogens with zero attached hydrogens (tertiary/aromatic N) is 3. The van der Waals surface area contributed by atoms with Gasteiger partial charge in [0, 0.05) is 36.7 Å². The van der Waals surface area contributed by atoms with Crippen LogP contribution in [-0.2, 0) is 16.6 Å². The fourth-order valence-corrected chi connectivity index (χ4v) is 5.38. The van der Waals surface area contributed by atoms with E-state index in [0.29, 0.717) is 30.9 Å². The molecule has 1 saturated heterocycles. The summed E-state index contributed by atoms with van der Waals surface area (Å²) in [5.41, 5.74) is 1.43. The molecule has 0 spiro atoms. The molecule has 2 heterocycles. The molecule has 1 aliphatic rings. The molecule has 0 radical (unpaired) electrons. The maximum atomic E-state index is 12.9. The molecule has 0 bridgehead atoms. The predicted octanol–water partition coefficient (Wildman–Crippen LogP) is 3.11. The zero-order chi connectivity index (χ0) is 23.3. The molecule has 1 N–H and O–H groups in total. The minimum atomic E-state index is -3.56. The fourth-order valence-electron chi connectivity index (χ4n) is 3.86. The number of carbonyl (C=O) groups excluding carboxylic acids is 1. The lowest BCUT2D eigenvalue weighted by molar-refractivity contribution is 0.102. The summed E-state index contributed by atoms with van der Waals surface area (Å²) in [7, 11) is -3.56. The van der Waals surface area contributed by atoms with Gasteiger partial charge >= 0.3 is 5.69 Å². The van der Waals surface area contributed by atoms with Crippen LogP contribution in [0.25, 0.3) is 0 Å². The van der Waals surface area contributed by atoms with Crippen LogP contribution in [0, 0.1) is 0 Å². The Kier molecular flexibility index (Phi) is 7.00. The molecule has 33 heavy (non-hydrogen) atoms. The second kappa shape index (κ2) is 10.1. The van der Waals surface area contributed by atoms with Crippen molar-refractivity contribution in [3.05, 3.63) is 88.6 Å². The second-order valence-electron chi connectivity index (χ2n) is 8.03. The van der Waals surface area contributed by atoms with Gasteiger partial charge in [0.05, 0.1) is 11.4 Å². The molecule has 4 rings (SSSR count). The van der Waals surface area contributed by atoms with Crippen LogP contribution in [0.5, 0.6) is 0 Å². The number of sulfonamides is 1. The van der Waals surface area contributed by atoms with Gasteiger partial charge < -0.3 is 5.32 Å². The predicted molar refractivity (Wildman–Crippen MR) is 126 cm³/mol. The zero-order valence-electron chi connectivity index (χ0n) is 18.2. The summed E-state index contributed by atoms with van der Waals surface area (Å²) >= 11 is 0. The van der Waals surface area contributed by atoms with Crippen molar-refractivity contribution in [2.24, 2.45) is 0 Å². The highest BCUT2D eigenvalue weighted by atomic mass is 32.2. The standard InChI is InChI=1S/C24H26N4O4S/c29-23(26-21-8-5-7-19(17-21)18-27-14-6-13-25-24(27)30)20-9-11-22(12-10-20)33(31,32)28-15-3-1-2-4-16-28/h5-14,17H,1-4,15-16,18H2,(H,26,29). The molecule has 3 aromatic rings. The topological polar surface area (TPSA) is 101 Å². The van der Waals surface area contributed by atoms with E-state index in [0.717, 1.165) is 31.2 Å². The highest BCUT2D eigenvalue weighted by Crippen LogP contribution is 2.21. The largest absolute Gasteiger partial charge is 0.347 e. The average Bonchev–Trinajstić information content (AvgIpc) is 3.11. The number of nitrogens with one attached hydrogen (secondary N) is 1. The highest BCUT2D eigenvalue weighted by molar-refractivity contribution is 7.89. The van der Waals surface area contributed by atoms with Gasteiger partial charge in [0.15, 0.2) is 0 Å².